The molecule has 2 heterocycles. The zero-order chi connectivity index (χ0) is 14.9. The average Bonchev–Trinajstić information content (AvgIpc) is 3.06. The Morgan fingerprint density at radius 3 is 2.43 bits per heavy atom. The summed E-state index contributed by atoms with van der Waals surface area (Å²) in [6, 6.07) is 0. The molecule has 5 heteroatoms. The lowest BCUT2D eigenvalue weighted by atomic mass is 10.3. The van der Waals surface area contributed by atoms with Crippen molar-refractivity contribution in [3.05, 3.63) is 18.0 Å². The minimum atomic E-state index is 0.860. The second kappa shape index (κ2) is 8.95. The summed E-state index contributed by atoms with van der Waals surface area (Å²) >= 11 is 0. The van der Waals surface area contributed by atoms with Crippen LogP contribution in [-0.4, -0.2) is 54.1 Å². The van der Waals surface area contributed by atoms with Crippen LogP contribution >= 0.6 is 0 Å². The lowest BCUT2D eigenvalue weighted by Crippen LogP contribution is -2.27. The van der Waals surface area contributed by atoms with E-state index in [1.165, 1.54) is 31.4 Å². The number of nitrogens with zero attached hydrogens (tertiary/aromatic N) is 4. The van der Waals surface area contributed by atoms with E-state index < -0.39 is 0 Å². The Kier molecular flexibility index (Phi) is 6.89. The third kappa shape index (κ3) is 5.25. The monoisotopic (exact) mass is 291 g/mol. The molecule has 1 aliphatic heterocycles. The third-order valence-corrected chi connectivity index (χ3v) is 4.13. The summed E-state index contributed by atoms with van der Waals surface area (Å²) in [5.74, 6) is 0.887. The maximum Gasteiger partial charge on any atom is 0.225 e. The normalized spacial score (nSPS) is 15.1. The topological polar surface area (TPSA) is 44.3 Å². The van der Waals surface area contributed by atoms with E-state index in [0.717, 1.165) is 45.2 Å². The van der Waals surface area contributed by atoms with Gasteiger partial charge in [0.2, 0.25) is 5.95 Å². The van der Waals surface area contributed by atoms with Crippen molar-refractivity contribution in [3.8, 4) is 0 Å². The molecule has 0 radical (unpaired) electrons. The Morgan fingerprint density at radius 1 is 1.14 bits per heavy atom. The summed E-state index contributed by atoms with van der Waals surface area (Å²) < 4.78 is 0. The fourth-order valence-corrected chi connectivity index (χ4v) is 2.72. The molecule has 1 aliphatic rings. The van der Waals surface area contributed by atoms with Crippen LogP contribution in [0.5, 0.6) is 0 Å². The molecule has 21 heavy (non-hydrogen) atoms. The van der Waals surface area contributed by atoms with Crippen molar-refractivity contribution in [2.24, 2.45) is 0 Å². The molecule has 1 N–H and O–H groups in total. The maximum absolute atomic E-state index is 4.48. The van der Waals surface area contributed by atoms with Crippen LogP contribution in [0.4, 0.5) is 5.95 Å². The zero-order valence-corrected chi connectivity index (χ0v) is 13.5. The van der Waals surface area contributed by atoms with Crippen molar-refractivity contribution in [2.75, 3.05) is 44.2 Å². The number of aromatic nitrogens is 2. The highest BCUT2D eigenvalue weighted by molar-refractivity contribution is 5.30. The molecule has 0 atom stereocenters. The molecule has 0 amide bonds. The van der Waals surface area contributed by atoms with Crippen LogP contribution in [0.2, 0.25) is 0 Å². The predicted octanol–water partition coefficient (Wildman–Crippen LogP) is 1.90. The van der Waals surface area contributed by atoms with Gasteiger partial charge in [0, 0.05) is 37.6 Å². The van der Waals surface area contributed by atoms with Gasteiger partial charge in [-0.05, 0) is 45.4 Å². The number of anilines is 1. The van der Waals surface area contributed by atoms with E-state index in [1.54, 1.807) is 0 Å². The first-order valence-corrected chi connectivity index (χ1v) is 8.32. The summed E-state index contributed by atoms with van der Waals surface area (Å²) in [5.41, 5.74) is 1.17. The number of hydrogen-bond acceptors (Lipinski definition) is 5. The van der Waals surface area contributed by atoms with E-state index in [2.05, 4.69) is 38.9 Å². The van der Waals surface area contributed by atoms with Crippen molar-refractivity contribution in [1.82, 2.24) is 20.2 Å². The Balaban J connectivity index is 1.64. The van der Waals surface area contributed by atoms with Gasteiger partial charge in [-0.3, -0.25) is 0 Å². The summed E-state index contributed by atoms with van der Waals surface area (Å²) in [4.78, 5) is 13.7. The van der Waals surface area contributed by atoms with E-state index in [0.29, 0.717) is 0 Å². The van der Waals surface area contributed by atoms with Gasteiger partial charge in [-0.1, -0.05) is 13.8 Å². The molecule has 1 aromatic heterocycles. The van der Waals surface area contributed by atoms with Gasteiger partial charge in [0.05, 0.1) is 0 Å². The number of rotatable bonds is 9. The predicted molar refractivity (Wildman–Crippen MR) is 87.6 cm³/mol. The largest absolute Gasteiger partial charge is 0.341 e. The van der Waals surface area contributed by atoms with Gasteiger partial charge in [0.15, 0.2) is 0 Å². The molecule has 0 unspecified atom stereocenters. The van der Waals surface area contributed by atoms with Crippen LogP contribution in [0.15, 0.2) is 12.4 Å². The van der Waals surface area contributed by atoms with Gasteiger partial charge in [-0.2, -0.15) is 0 Å². The van der Waals surface area contributed by atoms with Crippen molar-refractivity contribution >= 4 is 5.95 Å². The molecule has 0 aliphatic carbocycles. The Labute approximate surface area is 128 Å². The smallest absolute Gasteiger partial charge is 0.225 e. The SMILES string of the molecule is CCN(CC)CCCNCc1cnc(N2CCCC2)nc1. The highest BCUT2D eigenvalue weighted by atomic mass is 15.3. The van der Waals surface area contributed by atoms with E-state index in [9.17, 15) is 0 Å². The van der Waals surface area contributed by atoms with E-state index in [1.807, 2.05) is 12.4 Å². The van der Waals surface area contributed by atoms with E-state index >= 15 is 0 Å². The summed E-state index contributed by atoms with van der Waals surface area (Å²) in [7, 11) is 0. The summed E-state index contributed by atoms with van der Waals surface area (Å²) in [5, 5.41) is 3.47. The second-order valence-electron chi connectivity index (χ2n) is 5.64. The lowest BCUT2D eigenvalue weighted by molar-refractivity contribution is 0.298. The Morgan fingerprint density at radius 2 is 1.81 bits per heavy atom. The van der Waals surface area contributed by atoms with Gasteiger partial charge in [0.1, 0.15) is 0 Å². The molecule has 118 valence electrons. The minimum absolute atomic E-state index is 0.860. The molecule has 1 fully saturated rings. The van der Waals surface area contributed by atoms with Crippen LogP contribution in [0.25, 0.3) is 0 Å². The van der Waals surface area contributed by atoms with Gasteiger partial charge in [-0.25, -0.2) is 9.97 Å². The highest BCUT2D eigenvalue weighted by Gasteiger charge is 2.14. The van der Waals surface area contributed by atoms with Crippen LogP contribution in [0, 0.1) is 0 Å². The highest BCUT2D eigenvalue weighted by Crippen LogP contribution is 2.14. The lowest BCUT2D eigenvalue weighted by Gasteiger charge is -2.17. The van der Waals surface area contributed by atoms with Gasteiger partial charge in [-0.15, -0.1) is 0 Å². The van der Waals surface area contributed by atoms with Gasteiger partial charge in [0.25, 0.3) is 0 Å². The molecule has 1 aromatic rings. The molecular formula is C16H29N5. The zero-order valence-electron chi connectivity index (χ0n) is 13.5. The first-order chi connectivity index (χ1) is 10.3. The van der Waals surface area contributed by atoms with Crippen molar-refractivity contribution < 1.29 is 0 Å². The van der Waals surface area contributed by atoms with Crippen LogP contribution in [-0.2, 0) is 6.54 Å². The molecule has 2 rings (SSSR count). The molecule has 5 nitrogen and oxygen atoms in total. The van der Waals surface area contributed by atoms with Gasteiger partial charge < -0.3 is 15.1 Å². The fourth-order valence-electron chi connectivity index (χ4n) is 2.72. The van der Waals surface area contributed by atoms with Crippen molar-refractivity contribution in [3.63, 3.8) is 0 Å². The summed E-state index contributed by atoms with van der Waals surface area (Å²) in [6.45, 7) is 12.0. The molecule has 0 spiro atoms. The number of nitrogens with one attached hydrogen (secondary N) is 1. The first kappa shape index (κ1) is 16.2. The second-order valence-corrected chi connectivity index (χ2v) is 5.64. The summed E-state index contributed by atoms with van der Waals surface area (Å²) in [6.07, 6.45) is 7.63. The molecule has 0 aromatic carbocycles. The maximum atomic E-state index is 4.48. The first-order valence-electron chi connectivity index (χ1n) is 8.32. The fraction of sp³-hybridized carbons (Fsp3) is 0.750. The minimum Gasteiger partial charge on any atom is -0.341 e. The average molecular weight is 291 g/mol. The van der Waals surface area contributed by atoms with Crippen LogP contribution in [0.1, 0.15) is 38.7 Å². The van der Waals surface area contributed by atoms with Crippen molar-refractivity contribution in [2.45, 2.75) is 39.7 Å². The Bertz CT molecular complexity index is 382. The van der Waals surface area contributed by atoms with E-state index in [4.69, 9.17) is 0 Å². The van der Waals surface area contributed by atoms with Crippen LogP contribution < -0.4 is 10.2 Å². The van der Waals surface area contributed by atoms with Crippen LogP contribution in [0.3, 0.4) is 0 Å². The molecule has 0 saturated carbocycles. The molecule has 1 saturated heterocycles. The quantitative estimate of drug-likeness (QED) is 0.704. The van der Waals surface area contributed by atoms with E-state index in [-0.39, 0.29) is 0 Å². The number of hydrogen-bond donors (Lipinski definition) is 1. The standard InChI is InChI=1S/C16H29N5/c1-3-20(4-2)9-7-8-17-12-15-13-18-16(19-14-15)21-10-5-6-11-21/h13-14,17H,3-12H2,1-2H3. The Hall–Kier alpha value is -1.20. The van der Waals surface area contributed by atoms with Crippen molar-refractivity contribution in [1.29, 1.82) is 0 Å². The molecular weight excluding hydrogens is 262 g/mol. The molecule has 0 bridgehead atoms. The third-order valence-electron chi connectivity index (χ3n) is 4.13. The van der Waals surface area contributed by atoms with Gasteiger partial charge >= 0.3 is 0 Å².